The maximum atomic E-state index is 12.9. The number of nitrogens with two attached hydrogens (primary N) is 2. The number of para-hydroxylation sites is 1. The van der Waals surface area contributed by atoms with E-state index in [0.717, 1.165) is 16.5 Å². The van der Waals surface area contributed by atoms with E-state index in [1.165, 1.54) is 0 Å². The van der Waals surface area contributed by atoms with Crippen LogP contribution in [0.3, 0.4) is 0 Å². The number of carboxylic acids is 1. The number of aromatic nitrogens is 1. The van der Waals surface area contributed by atoms with Crippen molar-refractivity contribution in [2.75, 3.05) is 0 Å². The lowest BCUT2D eigenvalue weighted by Gasteiger charge is -2.24. The molecule has 1 aromatic carbocycles. The molecule has 8 N–H and O–H groups in total. The van der Waals surface area contributed by atoms with Crippen molar-refractivity contribution in [3.63, 3.8) is 0 Å². The summed E-state index contributed by atoms with van der Waals surface area (Å²) in [6.07, 6.45) is 1.82. The predicted molar refractivity (Wildman–Crippen MR) is 115 cm³/mol. The number of aromatic amines is 1. The Morgan fingerprint density at radius 2 is 1.77 bits per heavy atom. The van der Waals surface area contributed by atoms with Gasteiger partial charge in [0.05, 0.1) is 6.04 Å². The lowest BCUT2D eigenvalue weighted by molar-refractivity contribution is -0.143. The van der Waals surface area contributed by atoms with E-state index in [9.17, 15) is 24.3 Å². The lowest BCUT2D eigenvalue weighted by atomic mass is 10.0. The minimum atomic E-state index is -1.17. The van der Waals surface area contributed by atoms with Crippen LogP contribution in [-0.2, 0) is 25.6 Å². The maximum absolute atomic E-state index is 12.9. The number of amides is 3. The van der Waals surface area contributed by atoms with Crippen LogP contribution in [0.15, 0.2) is 30.5 Å². The van der Waals surface area contributed by atoms with Crippen molar-refractivity contribution in [2.45, 2.75) is 51.2 Å². The minimum Gasteiger partial charge on any atom is -0.480 e. The third-order valence-corrected chi connectivity index (χ3v) is 5.00. The highest BCUT2D eigenvalue weighted by Crippen LogP contribution is 2.19. The molecule has 2 aromatic rings. The first-order valence-corrected chi connectivity index (χ1v) is 10.0. The Morgan fingerprint density at radius 1 is 1.10 bits per heavy atom. The molecular formula is C21H29N5O5. The van der Waals surface area contributed by atoms with E-state index in [1.807, 2.05) is 24.3 Å². The quantitative estimate of drug-likeness (QED) is 0.291. The van der Waals surface area contributed by atoms with Gasteiger partial charge in [-0.1, -0.05) is 32.0 Å². The molecule has 0 aliphatic heterocycles. The number of H-pyrrole nitrogens is 1. The van der Waals surface area contributed by atoms with Crippen LogP contribution >= 0.6 is 0 Å². The van der Waals surface area contributed by atoms with Crippen molar-refractivity contribution < 1.29 is 24.3 Å². The van der Waals surface area contributed by atoms with Crippen LogP contribution in [0.25, 0.3) is 10.9 Å². The number of nitrogens with one attached hydrogen (secondary N) is 3. The number of benzene rings is 1. The Hall–Kier alpha value is -3.40. The van der Waals surface area contributed by atoms with Gasteiger partial charge in [-0.15, -0.1) is 0 Å². The van der Waals surface area contributed by atoms with Gasteiger partial charge in [0, 0.05) is 29.9 Å². The molecule has 0 bridgehead atoms. The number of hydrogen-bond acceptors (Lipinski definition) is 5. The van der Waals surface area contributed by atoms with E-state index in [0.29, 0.717) is 0 Å². The summed E-state index contributed by atoms with van der Waals surface area (Å²) in [6, 6.07) is 4.27. The highest BCUT2D eigenvalue weighted by Gasteiger charge is 2.30. The lowest BCUT2D eigenvalue weighted by Crippen LogP contribution is -2.56. The minimum absolute atomic E-state index is 0.0341. The average Bonchev–Trinajstić information content (AvgIpc) is 3.11. The Balaban J connectivity index is 2.23. The Morgan fingerprint density at radius 3 is 2.39 bits per heavy atom. The van der Waals surface area contributed by atoms with Gasteiger partial charge in [-0.2, -0.15) is 0 Å². The molecule has 2 rings (SSSR count). The van der Waals surface area contributed by atoms with E-state index in [-0.39, 0.29) is 25.2 Å². The first kappa shape index (κ1) is 23.9. The van der Waals surface area contributed by atoms with Crippen molar-refractivity contribution in [1.82, 2.24) is 15.6 Å². The summed E-state index contributed by atoms with van der Waals surface area (Å²) in [5.41, 5.74) is 12.6. The molecule has 0 radical (unpaired) electrons. The molecular weight excluding hydrogens is 402 g/mol. The van der Waals surface area contributed by atoms with Gasteiger partial charge in [0.25, 0.3) is 0 Å². The van der Waals surface area contributed by atoms with Crippen molar-refractivity contribution >= 4 is 34.6 Å². The molecule has 0 aliphatic carbocycles. The van der Waals surface area contributed by atoms with Crippen molar-refractivity contribution in [3.8, 4) is 0 Å². The zero-order valence-electron chi connectivity index (χ0n) is 17.6. The van der Waals surface area contributed by atoms with Gasteiger partial charge < -0.3 is 32.2 Å². The number of carbonyl (C=O) groups excluding carboxylic acids is 3. The van der Waals surface area contributed by atoms with Crippen molar-refractivity contribution in [3.05, 3.63) is 36.0 Å². The average molecular weight is 431 g/mol. The number of rotatable bonds is 11. The molecule has 1 aromatic heterocycles. The standard InChI is InChI=1S/C21H29N5O5/c1-11(2)18(21(30)31)26-20(29)16(25-19(28)14(22)7-8-17(23)27)9-12-10-24-15-6-4-3-5-13(12)15/h3-6,10-11,14,16,18,24H,7-9,22H2,1-2H3,(H2,23,27)(H,25,28)(H,26,29)(H,30,31)/t14-,16-,18-/m0/s1. The highest BCUT2D eigenvalue weighted by molar-refractivity contribution is 5.93. The highest BCUT2D eigenvalue weighted by atomic mass is 16.4. The van der Waals surface area contributed by atoms with E-state index < -0.39 is 41.8 Å². The second-order valence-electron chi connectivity index (χ2n) is 7.80. The van der Waals surface area contributed by atoms with Crippen LogP contribution in [0, 0.1) is 5.92 Å². The molecule has 3 amide bonds. The monoisotopic (exact) mass is 431 g/mol. The largest absolute Gasteiger partial charge is 0.480 e. The molecule has 0 fully saturated rings. The fraction of sp³-hybridized carbons (Fsp3) is 0.429. The van der Waals surface area contributed by atoms with E-state index in [2.05, 4.69) is 15.6 Å². The predicted octanol–water partition coefficient (Wildman–Crippen LogP) is 0.0134. The fourth-order valence-electron chi connectivity index (χ4n) is 3.20. The molecule has 10 heteroatoms. The molecule has 1 heterocycles. The van der Waals surface area contributed by atoms with E-state index in [4.69, 9.17) is 11.5 Å². The zero-order valence-corrected chi connectivity index (χ0v) is 17.6. The third kappa shape index (κ3) is 6.54. The number of aliphatic carboxylic acids is 1. The first-order valence-electron chi connectivity index (χ1n) is 10.0. The van der Waals surface area contributed by atoms with Crippen LogP contribution in [-0.4, -0.2) is 51.9 Å². The summed E-state index contributed by atoms with van der Waals surface area (Å²) in [4.78, 5) is 51.0. The summed E-state index contributed by atoms with van der Waals surface area (Å²) in [6.45, 7) is 3.35. The summed E-state index contributed by atoms with van der Waals surface area (Å²) in [7, 11) is 0. The zero-order chi connectivity index (χ0) is 23.1. The second kappa shape index (κ2) is 10.6. The number of carboxylic acid groups (broad SMARTS) is 1. The molecule has 0 saturated carbocycles. The van der Waals surface area contributed by atoms with Crippen LogP contribution in [0.4, 0.5) is 0 Å². The van der Waals surface area contributed by atoms with Gasteiger partial charge in [-0.25, -0.2) is 4.79 Å². The molecule has 31 heavy (non-hydrogen) atoms. The Kier molecular flexibility index (Phi) is 8.14. The van der Waals surface area contributed by atoms with Crippen LogP contribution in [0.1, 0.15) is 32.3 Å². The van der Waals surface area contributed by atoms with Crippen molar-refractivity contribution in [1.29, 1.82) is 0 Å². The van der Waals surface area contributed by atoms with Gasteiger partial charge >= 0.3 is 5.97 Å². The molecule has 3 atom stereocenters. The van der Waals surface area contributed by atoms with Gasteiger partial charge in [-0.05, 0) is 24.0 Å². The second-order valence-corrected chi connectivity index (χ2v) is 7.80. The third-order valence-electron chi connectivity index (χ3n) is 5.00. The smallest absolute Gasteiger partial charge is 0.326 e. The van der Waals surface area contributed by atoms with Gasteiger partial charge in [0.2, 0.25) is 17.7 Å². The molecule has 0 aliphatic rings. The van der Waals surface area contributed by atoms with Crippen molar-refractivity contribution in [2.24, 2.45) is 17.4 Å². The molecule has 168 valence electrons. The number of carbonyl (C=O) groups is 4. The normalized spacial score (nSPS) is 14.1. The number of hydrogen-bond donors (Lipinski definition) is 6. The molecule has 0 saturated heterocycles. The topological polar surface area (TPSA) is 180 Å². The Labute approximate surface area is 179 Å². The van der Waals surface area contributed by atoms with Crippen LogP contribution in [0.2, 0.25) is 0 Å². The number of primary amides is 1. The van der Waals surface area contributed by atoms with Gasteiger partial charge in [0.1, 0.15) is 12.1 Å². The molecule has 0 unspecified atom stereocenters. The molecule has 10 nitrogen and oxygen atoms in total. The fourth-order valence-corrected chi connectivity index (χ4v) is 3.20. The summed E-state index contributed by atoms with van der Waals surface area (Å²) in [5, 5.41) is 15.4. The Bertz CT molecular complexity index is 955. The van der Waals surface area contributed by atoms with E-state index in [1.54, 1.807) is 20.0 Å². The van der Waals surface area contributed by atoms with E-state index >= 15 is 0 Å². The summed E-state index contributed by atoms with van der Waals surface area (Å²) < 4.78 is 0. The van der Waals surface area contributed by atoms with Gasteiger partial charge in [-0.3, -0.25) is 14.4 Å². The number of fused-ring (bicyclic) bond motifs is 1. The maximum Gasteiger partial charge on any atom is 0.326 e. The van der Waals surface area contributed by atoms with Gasteiger partial charge in [0.15, 0.2) is 0 Å². The SMILES string of the molecule is CC(C)[C@H](NC(=O)[C@H](Cc1c[nH]c2ccccc12)NC(=O)[C@@H](N)CCC(N)=O)C(=O)O. The first-order chi connectivity index (χ1) is 14.6. The van der Waals surface area contributed by atoms with Crippen LogP contribution < -0.4 is 22.1 Å². The van der Waals surface area contributed by atoms with Crippen LogP contribution in [0.5, 0.6) is 0 Å². The molecule has 0 spiro atoms. The summed E-state index contributed by atoms with van der Waals surface area (Å²) >= 11 is 0. The summed E-state index contributed by atoms with van der Waals surface area (Å²) in [5.74, 6) is -3.38.